The second-order valence-electron chi connectivity index (χ2n) is 6.96. The molecule has 0 saturated heterocycles. The van der Waals surface area contributed by atoms with E-state index in [1.54, 1.807) is 18.2 Å². The molecule has 136 valence electrons. The molecule has 0 aromatic heterocycles. The van der Waals surface area contributed by atoms with Crippen molar-refractivity contribution < 1.29 is 9.59 Å². The minimum atomic E-state index is -0.177. The van der Waals surface area contributed by atoms with Gasteiger partial charge in [0.05, 0.1) is 0 Å². The highest BCUT2D eigenvalue weighted by molar-refractivity contribution is 6.04. The molecule has 0 heterocycles. The van der Waals surface area contributed by atoms with Crippen LogP contribution in [0.1, 0.15) is 41.6 Å². The molecule has 1 fully saturated rings. The number of carbonyl (C=O) groups excluding carboxylic acids is 2. The first-order valence-electron chi connectivity index (χ1n) is 9.05. The maximum Gasteiger partial charge on any atom is 0.255 e. The van der Waals surface area contributed by atoms with Crippen LogP contribution >= 0.6 is 0 Å². The largest absolute Gasteiger partial charge is 0.327 e. The van der Waals surface area contributed by atoms with Crippen LogP contribution in [0.25, 0.3) is 0 Å². The van der Waals surface area contributed by atoms with E-state index in [9.17, 15) is 9.59 Å². The number of hydrogen-bond donors (Lipinski definition) is 3. The molecule has 0 unspecified atom stereocenters. The van der Waals surface area contributed by atoms with Crippen LogP contribution in [0.3, 0.4) is 0 Å². The first-order valence-corrected chi connectivity index (χ1v) is 9.05. The van der Waals surface area contributed by atoms with Crippen LogP contribution in [-0.2, 0) is 4.79 Å². The first kappa shape index (κ1) is 18.1. The molecule has 1 aliphatic rings. The monoisotopic (exact) mass is 351 g/mol. The Hall–Kier alpha value is -2.66. The molecule has 5 nitrogen and oxygen atoms in total. The summed E-state index contributed by atoms with van der Waals surface area (Å²) in [6, 6.07) is 14.7. The van der Waals surface area contributed by atoms with Gasteiger partial charge in [0.15, 0.2) is 0 Å². The van der Waals surface area contributed by atoms with E-state index in [1.165, 1.54) is 0 Å². The van der Waals surface area contributed by atoms with Gasteiger partial charge in [0, 0.05) is 29.4 Å². The van der Waals surface area contributed by atoms with Crippen molar-refractivity contribution in [3.05, 3.63) is 59.7 Å². The second-order valence-corrected chi connectivity index (χ2v) is 6.96. The Balaban J connectivity index is 1.65. The zero-order valence-electron chi connectivity index (χ0n) is 15.0. The molecule has 0 bridgehead atoms. The molecule has 0 spiro atoms. The third-order valence-corrected chi connectivity index (χ3v) is 4.97. The fourth-order valence-electron chi connectivity index (χ4n) is 3.39. The number of nitrogens with one attached hydrogen (secondary N) is 2. The van der Waals surface area contributed by atoms with Gasteiger partial charge in [-0.2, -0.15) is 0 Å². The van der Waals surface area contributed by atoms with Gasteiger partial charge in [0.1, 0.15) is 0 Å². The van der Waals surface area contributed by atoms with Gasteiger partial charge in [-0.15, -0.1) is 0 Å². The fraction of sp³-hybridized carbons (Fsp3) is 0.333. The Kier molecular flexibility index (Phi) is 5.68. The molecule has 26 heavy (non-hydrogen) atoms. The summed E-state index contributed by atoms with van der Waals surface area (Å²) in [7, 11) is 0. The Morgan fingerprint density at radius 2 is 1.85 bits per heavy atom. The molecule has 1 aliphatic carbocycles. The van der Waals surface area contributed by atoms with Gasteiger partial charge >= 0.3 is 0 Å². The van der Waals surface area contributed by atoms with E-state index in [2.05, 4.69) is 10.6 Å². The van der Waals surface area contributed by atoms with Crippen LogP contribution in [0.4, 0.5) is 11.4 Å². The summed E-state index contributed by atoms with van der Waals surface area (Å²) < 4.78 is 0. The predicted octanol–water partition coefficient (Wildman–Crippen LogP) is 3.70. The SMILES string of the molecule is Cc1ccc(NC(=O)c2ccccc2)cc1NC(=O)C[C@@H]1CCC[C@H]1N. The molecular weight excluding hydrogens is 326 g/mol. The van der Waals surface area contributed by atoms with E-state index in [1.807, 2.05) is 37.3 Å². The maximum absolute atomic E-state index is 12.4. The number of rotatable bonds is 5. The average molecular weight is 351 g/mol. The van der Waals surface area contributed by atoms with E-state index >= 15 is 0 Å². The minimum Gasteiger partial charge on any atom is -0.327 e. The summed E-state index contributed by atoms with van der Waals surface area (Å²) in [5.74, 6) is 0.0573. The quantitative estimate of drug-likeness (QED) is 0.768. The highest BCUT2D eigenvalue weighted by Crippen LogP contribution is 2.28. The van der Waals surface area contributed by atoms with Crippen LogP contribution in [0.5, 0.6) is 0 Å². The van der Waals surface area contributed by atoms with Crippen molar-refractivity contribution in [1.82, 2.24) is 0 Å². The minimum absolute atomic E-state index is 0.0259. The molecular formula is C21H25N3O2. The van der Waals surface area contributed by atoms with Crippen LogP contribution in [-0.4, -0.2) is 17.9 Å². The third kappa shape index (κ3) is 4.49. The van der Waals surface area contributed by atoms with E-state index in [4.69, 9.17) is 5.73 Å². The molecule has 0 aliphatic heterocycles. The summed E-state index contributed by atoms with van der Waals surface area (Å²) >= 11 is 0. The molecule has 1 saturated carbocycles. The van der Waals surface area contributed by atoms with Gasteiger partial charge in [-0.05, 0) is 55.5 Å². The summed E-state index contributed by atoms with van der Waals surface area (Å²) in [6.07, 6.45) is 3.55. The van der Waals surface area contributed by atoms with E-state index in [-0.39, 0.29) is 23.8 Å². The van der Waals surface area contributed by atoms with Gasteiger partial charge in [-0.25, -0.2) is 0 Å². The number of nitrogens with two attached hydrogens (primary N) is 1. The first-order chi connectivity index (χ1) is 12.5. The van der Waals surface area contributed by atoms with Crippen molar-refractivity contribution in [2.24, 2.45) is 11.7 Å². The van der Waals surface area contributed by atoms with Crippen molar-refractivity contribution >= 4 is 23.2 Å². The van der Waals surface area contributed by atoms with Crippen molar-refractivity contribution in [3.8, 4) is 0 Å². The average Bonchev–Trinajstić information content (AvgIpc) is 3.03. The number of aryl methyl sites for hydroxylation is 1. The highest BCUT2D eigenvalue weighted by atomic mass is 16.2. The Labute approximate surface area is 154 Å². The van der Waals surface area contributed by atoms with Crippen LogP contribution in [0.15, 0.2) is 48.5 Å². The molecule has 3 rings (SSSR count). The van der Waals surface area contributed by atoms with E-state index in [0.29, 0.717) is 23.4 Å². The van der Waals surface area contributed by atoms with Gasteiger partial charge < -0.3 is 16.4 Å². The standard InChI is InChI=1S/C21H25N3O2/c1-14-10-11-17(23-21(26)15-6-3-2-4-7-15)13-19(14)24-20(25)12-16-8-5-9-18(16)22/h2-4,6-7,10-11,13,16,18H,5,8-9,12,22H2,1H3,(H,23,26)(H,24,25)/t16-,18+/m0/s1. The normalized spacial score (nSPS) is 19.2. The maximum atomic E-state index is 12.4. The second kappa shape index (κ2) is 8.15. The van der Waals surface area contributed by atoms with Crippen LogP contribution in [0, 0.1) is 12.8 Å². The summed E-state index contributed by atoms with van der Waals surface area (Å²) in [5.41, 5.74) is 8.97. The van der Waals surface area contributed by atoms with Gasteiger partial charge in [0.25, 0.3) is 5.91 Å². The zero-order valence-corrected chi connectivity index (χ0v) is 15.0. The fourth-order valence-corrected chi connectivity index (χ4v) is 3.39. The van der Waals surface area contributed by atoms with E-state index < -0.39 is 0 Å². The smallest absolute Gasteiger partial charge is 0.255 e. The van der Waals surface area contributed by atoms with Gasteiger partial charge in [0.2, 0.25) is 5.91 Å². The number of amides is 2. The van der Waals surface area contributed by atoms with E-state index in [0.717, 1.165) is 24.8 Å². The Bertz CT molecular complexity index is 789. The van der Waals surface area contributed by atoms with Crippen molar-refractivity contribution in [2.75, 3.05) is 10.6 Å². The topological polar surface area (TPSA) is 84.2 Å². The van der Waals surface area contributed by atoms with Crippen molar-refractivity contribution in [2.45, 2.75) is 38.6 Å². The molecule has 2 amide bonds. The zero-order chi connectivity index (χ0) is 18.5. The highest BCUT2D eigenvalue weighted by Gasteiger charge is 2.26. The molecule has 4 N–H and O–H groups in total. The molecule has 2 aromatic rings. The Morgan fingerprint density at radius 1 is 1.08 bits per heavy atom. The predicted molar refractivity (Wildman–Crippen MR) is 104 cm³/mol. The van der Waals surface area contributed by atoms with Gasteiger partial charge in [-0.3, -0.25) is 9.59 Å². The van der Waals surface area contributed by atoms with Crippen molar-refractivity contribution in [3.63, 3.8) is 0 Å². The van der Waals surface area contributed by atoms with Crippen molar-refractivity contribution in [1.29, 1.82) is 0 Å². The summed E-state index contributed by atoms with van der Waals surface area (Å²) in [5, 5.41) is 5.83. The van der Waals surface area contributed by atoms with Gasteiger partial charge in [-0.1, -0.05) is 30.7 Å². The number of carbonyl (C=O) groups is 2. The van der Waals surface area contributed by atoms with Crippen LogP contribution in [0.2, 0.25) is 0 Å². The van der Waals surface area contributed by atoms with Crippen LogP contribution < -0.4 is 16.4 Å². The molecule has 0 radical (unpaired) electrons. The lowest BCUT2D eigenvalue weighted by Gasteiger charge is -2.16. The number of hydrogen-bond acceptors (Lipinski definition) is 3. The lowest BCUT2D eigenvalue weighted by atomic mass is 10.00. The molecule has 2 aromatic carbocycles. The number of benzene rings is 2. The third-order valence-electron chi connectivity index (χ3n) is 4.97. The lowest BCUT2D eigenvalue weighted by molar-refractivity contribution is -0.117. The summed E-state index contributed by atoms with van der Waals surface area (Å²) in [6.45, 7) is 1.93. The summed E-state index contributed by atoms with van der Waals surface area (Å²) in [4.78, 5) is 24.7. The molecule has 2 atom stereocenters. The number of anilines is 2. The molecule has 5 heteroatoms. The lowest BCUT2D eigenvalue weighted by Crippen LogP contribution is -2.28. The Morgan fingerprint density at radius 3 is 2.54 bits per heavy atom.